The lowest BCUT2D eigenvalue weighted by molar-refractivity contribution is -0.132. The molecule has 1 atom stereocenters. The van der Waals surface area contributed by atoms with Crippen LogP contribution in [-0.4, -0.2) is 22.9 Å². The molecule has 1 unspecified atom stereocenters. The van der Waals surface area contributed by atoms with E-state index < -0.39 is 0 Å². The zero-order valence-electron chi connectivity index (χ0n) is 11.0. The van der Waals surface area contributed by atoms with Gasteiger partial charge < -0.3 is 10.6 Å². The van der Waals surface area contributed by atoms with Gasteiger partial charge in [-0.25, -0.2) is 0 Å². The molecule has 2 rings (SSSR count). The van der Waals surface area contributed by atoms with Gasteiger partial charge in [0, 0.05) is 23.4 Å². The minimum Gasteiger partial charge on any atom is -0.335 e. The van der Waals surface area contributed by atoms with E-state index in [0.717, 1.165) is 32.2 Å². The number of thiophene rings is 1. The van der Waals surface area contributed by atoms with Crippen molar-refractivity contribution < 1.29 is 4.79 Å². The van der Waals surface area contributed by atoms with Crippen LogP contribution < -0.4 is 5.73 Å². The number of amides is 1. The summed E-state index contributed by atoms with van der Waals surface area (Å²) in [6, 6.07) is 4.62. The monoisotopic (exact) mass is 266 g/mol. The topological polar surface area (TPSA) is 46.3 Å². The van der Waals surface area contributed by atoms with E-state index in [1.54, 1.807) is 11.3 Å². The smallest absolute Gasteiger partial charge is 0.224 e. The molecule has 100 valence electrons. The van der Waals surface area contributed by atoms with Crippen LogP contribution in [0.1, 0.15) is 43.9 Å². The van der Waals surface area contributed by atoms with Crippen molar-refractivity contribution in [2.45, 2.75) is 57.7 Å². The Balaban J connectivity index is 1.90. The van der Waals surface area contributed by atoms with Crippen molar-refractivity contribution in [3.63, 3.8) is 0 Å². The molecule has 18 heavy (non-hydrogen) atoms. The number of rotatable bonds is 7. The van der Waals surface area contributed by atoms with Crippen LogP contribution in [0.15, 0.2) is 17.5 Å². The van der Waals surface area contributed by atoms with Crippen molar-refractivity contribution in [1.82, 2.24) is 4.90 Å². The minimum atomic E-state index is 0.0204. The van der Waals surface area contributed by atoms with E-state index in [0.29, 0.717) is 12.5 Å². The highest BCUT2D eigenvalue weighted by Crippen LogP contribution is 2.30. The Hall–Kier alpha value is -0.870. The molecule has 0 saturated heterocycles. The number of carbonyl (C=O) groups is 1. The van der Waals surface area contributed by atoms with E-state index in [1.165, 1.54) is 4.88 Å². The van der Waals surface area contributed by atoms with Gasteiger partial charge >= 0.3 is 0 Å². The van der Waals surface area contributed by atoms with Crippen molar-refractivity contribution in [2.75, 3.05) is 0 Å². The number of carbonyl (C=O) groups excluding carboxylic acids is 1. The van der Waals surface area contributed by atoms with E-state index in [-0.39, 0.29) is 11.9 Å². The lowest BCUT2D eigenvalue weighted by Gasteiger charge is -2.23. The van der Waals surface area contributed by atoms with Gasteiger partial charge in [-0.2, -0.15) is 0 Å². The third-order valence-corrected chi connectivity index (χ3v) is 4.17. The largest absolute Gasteiger partial charge is 0.335 e. The van der Waals surface area contributed by atoms with Crippen LogP contribution in [0.3, 0.4) is 0 Å². The highest BCUT2D eigenvalue weighted by atomic mass is 32.1. The molecule has 1 aromatic heterocycles. The van der Waals surface area contributed by atoms with Crippen LogP contribution in [0.5, 0.6) is 0 Å². The van der Waals surface area contributed by atoms with Gasteiger partial charge in [-0.15, -0.1) is 11.3 Å². The molecule has 1 fully saturated rings. The maximum Gasteiger partial charge on any atom is 0.224 e. The van der Waals surface area contributed by atoms with Crippen LogP contribution in [0.2, 0.25) is 0 Å². The Morgan fingerprint density at radius 1 is 1.61 bits per heavy atom. The average molecular weight is 266 g/mol. The highest BCUT2D eigenvalue weighted by Gasteiger charge is 2.32. The van der Waals surface area contributed by atoms with Crippen LogP contribution in [0.25, 0.3) is 0 Å². The predicted octanol–water partition coefficient (Wildman–Crippen LogP) is 2.76. The van der Waals surface area contributed by atoms with Gasteiger partial charge in [-0.05, 0) is 30.7 Å². The second-order valence-electron chi connectivity index (χ2n) is 5.09. The summed E-state index contributed by atoms with van der Waals surface area (Å²) in [7, 11) is 0. The molecule has 1 saturated carbocycles. The van der Waals surface area contributed by atoms with E-state index in [1.807, 2.05) is 11.0 Å². The standard InChI is InChI=1S/C14H22N2OS/c1-2-4-11(15)9-14(17)16(12-6-7-12)10-13-5-3-8-18-13/h3,5,8,11-12H,2,4,6-7,9-10,15H2,1H3. The van der Waals surface area contributed by atoms with Crippen molar-refractivity contribution in [3.05, 3.63) is 22.4 Å². The molecule has 3 nitrogen and oxygen atoms in total. The number of hydrogen-bond acceptors (Lipinski definition) is 3. The summed E-state index contributed by atoms with van der Waals surface area (Å²) >= 11 is 1.72. The van der Waals surface area contributed by atoms with E-state index >= 15 is 0 Å². The molecule has 1 aliphatic rings. The Morgan fingerprint density at radius 3 is 2.94 bits per heavy atom. The van der Waals surface area contributed by atoms with Gasteiger partial charge in [0.2, 0.25) is 5.91 Å². The van der Waals surface area contributed by atoms with Gasteiger partial charge in [-0.1, -0.05) is 19.4 Å². The fourth-order valence-corrected chi connectivity index (χ4v) is 2.89. The minimum absolute atomic E-state index is 0.0204. The first-order valence-electron chi connectivity index (χ1n) is 6.78. The van der Waals surface area contributed by atoms with Crippen LogP contribution in [0, 0.1) is 0 Å². The van der Waals surface area contributed by atoms with Crippen LogP contribution in [0.4, 0.5) is 0 Å². The summed E-state index contributed by atoms with van der Waals surface area (Å²) in [6.45, 7) is 2.87. The third-order valence-electron chi connectivity index (χ3n) is 3.31. The first-order valence-corrected chi connectivity index (χ1v) is 7.66. The Labute approximate surface area is 113 Å². The summed E-state index contributed by atoms with van der Waals surface area (Å²) in [5.74, 6) is 0.229. The summed E-state index contributed by atoms with van der Waals surface area (Å²) in [6.07, 6.45) is 4.78. The molecule has 0 bridgehead atoms. The van der Waals surface area contributed by atoms with Gasteiger partial charge in [-0.3, -0.25) is 4.79 Å². The fraction of sp³-hybridized carbons (Fsp3) is 0.643. The molecule has 0 spiro atoms. The SMILES string of the molecule is CCCC(N)CC(=O)N(Cc1cccs1)C1CC1. The van der Waals surface area contributed by atoms with E-state index in [4.69, 9.17) is 5.73 Å². The van der Waals surface area contributed by atoms with E-state index in [9.17, 15) is 4.79 Å². The number of nitrogens with two attached hydrogens (primary N) is 1. The summed E-state index contributed by atoms with van der Waals surface area (Å²) in [4.78, 5) is 15.6. The maximum absolute atomic E-state index is 12.3. The number of hydrogen-bond donors (Lipinski definition) is 1. The summed E-state index contributed by atoms with van der Waals surface area (Å²) < 4.78 is 0. The molecule has 1 heterocycles. The summed E-state index contributed by atoms with van der Waals surface area (Å²) in [5.41, 5.74) is 5.97. The van der Waals surface area contributed by atoms with Crippen molar-refractivity contribution >= 4 is 17.2 Å². The second-order valence-corrected chi connectivity index (χ2v) is 6.12. The van der Waals surface area contributed by atoms with Gasteiger partial charge in [0.1, 0.15) is 0 Å². The number of nitrogens with zero attached hydrogens (tertiary/aromatic N) is 1. The quantitative estimate of drug-likeness (QED) is 0.825. The molecule has 1 aromatic rings. The zero-order chi connectivity index (χ0) is 13.0. The van der Waals surface area contributed by atoms with Crippen LogP contribution in [-0.2, 0) is 11.3 Å². The molecule has 0 aliphatic heterocycles. The molecule has 1 aliphatic carbocycles. The highest BCUT2D eigenvalue weighted by molar-refractivity contribution is 7.09. The average Bonchev–Trinajstić information content (AvgIpc) is 3.03. The fourth-order valence-electron chi connectivity index (χ4n) is 2.19. The van der Waals surface area contributed by atoms with Crippen molar-refractivity contribution in [3.8, 4) is 0 Å². The molecule has 1 amide bonds. The van der Waals surface area contributed by atoms with Crippen molar-refractivity contribution in [1.29, 1.82) is 0 Å². The first kappa shape index (κ1) is 13.6. The molecular weight excluding hydrogens is 244 g/mol. The Bertz CT molecular complexity index is 373. The molecule has 4 heteroatoms. The third kappa shape index (κ3) is 3.82. The molecule has 0 radical (unpaired) electrons. The second kappa shape index (κ2) is 6.34. The molecular formula is C14H22N2OS. The Kier molecular flexibility index (Phi) is 4.78. The lowest BCUT2D eigenvalue weighted by Crippen LogP contribution is -2.36. The zero-order valence-corrected chi connectivity index (χ0v) is 11.8. The van der Waals surface area contributed by atoms with Crippen molar-refractivity contribution in [2.24, 2.45) is 5.73 Å². The Morgan fingerprint density at radius 2 is 2.39 bits per heavy atom. The van der Waals surface area contributed by atoms with Gasteiger partial charge in [0.25, 0.3) is 0 Å². The molecule has 0 aromatic carbocycles. The van der Waals surface area contributed by atoms with E-state index in [2.05, 4.69) is 18.4 Å². The maximum atomic E-state index is 12.3. The lowest BCUT2D eigenvalue weighted by atomic mass is 10.1. The summed E-state index contributed by atoms with van der Waals surface area (Å²) in [5, 5.41) is 2.06. The van der Waals surface area contributed by atoms with Gasteiger partial charge in [0.15, 0.2) is 0 Å². The van der Waals surface area contributed by atoms with Gasteiger partial charge in [0.05, 0.1) is 6.54 Å². The molecule has 2 N–H and O–H groups in total. The first-order chi connectivity index (χ1) is 8.70. The normalized spacial score (nSPS) is 16.6. The predicted molar refractivity (Wildman–Crippen MR) is 75.4 cm³/mol. The van der Waals surface area contributed by atoms with Crippen LogP contribution >= 0.6 is 11.3 Å².